The van der Waals surface area contributed by atoms with Gasteiger partial charge in [-0.1, -0.05) is 33.1 Å². The number of halogens is 1. The first-order chi connectivity index (χ1) is 9.15. The fourth-order valence-corrected chi connectivity index (χ4v) is 1.80. The van der Waals surface area contributed by atoms with Gasteiger partial charge in [-0.2, -0.15) is 15.0 Å². The number of anilines is 1. The molecule has 1 unspecified atom stereocenters. The monoisotopic (exact) mass is 286 g/mol. The highest BCUT2D eigenvalue weighted by molar-refractivity contribution is 6.28. The zero-order valence-electron chi connectivity index (χ0n) is 11.9. The van der Waals surface area contributed by atoms with Gasteiger partial charge in [-0.25, -0.2) is 0 Å². The average molecular weight is 287 g/mol. The van der Waals surface area contributed by atoms with Gasteiger partial charge in [0.1, 0.15) is 0 Å². The Kier molecular flexibility index (Phi) is 7.48. The molecule has 1 heterocycles. The number of rotatable bonds is 9. The molecule has 5 nitrogen and oxygen atoms in total. The van der Waals surface area contributed by atoms with Gasteiger partial charge in [0, 0.05) is 6.04 Å². The lowest BCUT2D eigenvalue weighted by molar-refractivity contribution is 0.291. The van der Waals surface area contributed by atoms with Gasteiger partial charge in [0.2, 0.25) is 11.2 Å². The van der Waals surface area contributed by atoms with E-state index in [0.717, 1.165) is 12.8 Å². The predicted octanol–water partition coefficient (Wildman–Crippen LogP) is 3.69. The molecule has 1 aromatic heterocycles. The number of hydrogen-bond acceptors (Lipinski definition) is 5. The summed E-state index contributed by atoms with van der Waals surface area (Å²) in [6.45, 7) is 6.91. The van der Waals surface area contributed by atoms with Gasteiger partial charge in [-0.05, 0) is 31.4 Å². The maximum atomic E-state index is 5.86. The summed E-state index contributed by atoms with van der Waals surface area (Å²) in [5.74, 6) is 0.482. The van der Waals surface area contributed by atoms with Gasteiger partial charge < -0.3 is 10.1 Å². The van der Waals surface area contributed by atoms with Crippen LogP contribution in [-0.2, 0) is 0 Å². The van der Waals surface area contributed by atoms with Crippen molar-refractivity contribution in [3.63, 3.8) is 0 Å². The molecule has 0 saturated heterocycles. The van der Waals surface area contributed by atoms with Crippen molar-refractivity contribution in [1.82, 2.24) is 15.0 Å². The third-order valence-electron chi connectivity index (χ3n) is 2.64. The molecule has 0 aliphatic heterocycles. The second-order valence-corrected chi connectivity index (χ2v) is 4.94. The molecule has 0 radical (unpaired) electrons. The molecule has 0 fully saturated rings. The van der Waals surface area contributed by atoms with Crippen LogP contribution in [0.5, 0.6) is 6.01 Å². The van der Waals surface area contributed by atoms with Gasteiger partial charge in [-0.3, -0.25) is 0 Å². The Morgan fingerprint density at radius 3 is 2.63 bits per heavy atom. The quantitative estimate of drug-likeness (QED) is 0.702. The van der Waals surface area contributed by atoms with Crippen LogP contribution >= 0.6 is 11.6 Å². The van der Waals surface area contributed by atoms with Gasteiger partial charge in [0.15, 0.2) is 0 Å². The van der Waals surface area contributed by atoms with Crippen molar-refractivity contribution in [2.75, 3.05) is 11.9 Å². The van der Waals surface area contributed by atoms with Gasteiger partial charge in [0.05, 0.1) is 6.61 Å². The summed E-state index contributed by atoms with van der Waals surface area (Å²) in [5, 5.41) is 3.39. The Balaban J connectivity index is 2.54. The third-order valence-corrected chi connectivity index (χ3v) is 2.81. The van der Waals surface area contributed by atoms with Crippen LogP contribution < -0.4 is 10.1 Å². The molecule has 1 N–H and O–H groups in total. The largest absolute Gasteiger partial charge is 0.463 e. The number of hydrogen-bond donors (Lipinski definition) is 1. The minimum Gasteiger partial charge on any atom is -0.463 e. The normalized spacial score (nSPS) is 12.2. The van der Waals surface area contributed by atoms with E-state index in [9.17, 15) is 0 Å². The third kappa shape index (κ3) is 6.57. The molecule has 0 amide bonds. The molecule has 1 aromatic rings. The van der Waals surface area contributed by atoms with Crippen LogP contribution in [0, 0.1) is 0 Å². The van der Waals surface area contributed by atoms with E-state index < -0.39 is 0 Å². The second-order valence-electron chi connectivity index (χ2n) is 4.60. The van der Waals surface area contributed by atoms with Crippen molar-refractivity contribution in [2.24, 2.45) is 0 Å². The maximum absolute atomic E-state index is 5.86. The first-order valence-electron chi connectivity index (χ1n) is 6.96. The van der Waals surface area contributed by atoms with E-state index in [1.165, 1.54) is 19.3 Å². The zero-order valence-corrected chi connectivity index (χ0v) is 12.7. The Labute approximate surface area is 120 Å². The number of nitrogens with one attached hydrogen (secondary N) is 1. The standard InChI is InChI=1S/C13H23ClN4O/c1-4-6-7-8-10(3)15-12-16-11(14)17-13(18-12)19-9-5-2/h10H,4-9H2,1-3H3,(H,15,16,17,18). The average Bonchev–Trinajstić information content (AvgIpc) is 2.36. The highest BCUT2D eigenvalue weighted by Crippen LogP contribution is 2.14. The van der Waals surface area contributed by atoms with Crippen molar-refractivity contribution in [3.05, 3.63) is 5.28 Å². The smallest absolute Gasteiger partial charge is 0.322 e. The summed E-state index contributed by atoms with van der Waals surface area (Å²) in [6, 6.07) is 0.592. The molecule has 0 aliphatic rings. The van der Waals surface area contributed by atoms with Crippen molar-refractivity contribution in [3.8, 4) is 6.01 Å². The molecule has 0 bridgehead atoms. The van der Waals surface area contributed by atoms with E-state index in [-0.39, 0.29) is 11.3 Å². The van der Waals surface area contributed by atoms with Crippen LogP contribution in [0.3, 0.4) is 0 Å². The van der Waals surface area contributed by atoms with E-state index in [2.05, 4.69) is 34.1 Å². The molecule has 19 heavy (non-hydrogen) atoms. The molecular formula is C13H23ClN4O. The summed E-state index contributed by atoms with van der Waals surface area (Å²) in [7, 11) is 0. The molecule has 108 valence electrons. The van der Waals surface area contributed by atoms with Crippen molar-refractivity contribution in [1.29, 1.82) is 0 Å². The van der Waals surface area contributed by atoms with Crippen LogP contribution in [-0.4, -0.2) is 27.6 Å². The highest BCUT2D eigenvalue weighted by Gasteiger charge is 2.08. The number of unbranched alkanes of at least 4 members (excludes halogenated alkanes) is 2. The van der Waals surface area contributed by atoms with Crippen LogP contribution in [0.25, 0.3) is 0 Å². The molecule has 1 atom stereocenters. The molecule has 0 aromatic carbocycles. The summed E-state index contributed by atoms with van der Waals surface area (Å²) in [6.07, 6.45) is 5.65. The van der Waals surface area contributed by atoms with E-state index in [0.29, 0.717) is 18.6 Å². The summed E-state index contributed by atoms with van der Waals surface area (Å²) < 4.78 is 5.37. The molecule has 0 spiro atoms. The van der Waals surface area contributed by atoms with Crippen LogP contribution in [0.2, 0.25) is 5.28 Å². The molecule has 0 saturated carbocycles. The van der Waals surface area contributed by atoms with E-state index in [4.69, 9.17) is 16.3 Å². The Morgan fingerprint density at radius 2 is 1.95 bits per heavy atom. The summed E-state index contributed by atoms with van der Waals surface area (Å²) in [4.78, 5) is 12.2. The van der Waals surface area contributed by atoms with Crippen molar-refractivity contribution < 1.29 is 4.74 Å². The lowest BCUT2D eigenvalue weighted by Gasteiger charge is -2.13. The molecule has 1 rings (SSSR count). The van der Waals surface area contributed by atoms with Crippen LogP contribution in [0.1, 0.15) is 52.9 Å². The zero-order chi connectivity index (χ0) is 14.1. The van der Waals surface area contributed by atoms with E-state index >= 15 is 0 Å². The Bertz CT molecular complexity index is 376. The lowest BCUT2D eigenvalue weighted by Crippen LogP contribution is -2.17. The lowest BCUT2D eigenvalue weighted by atomic mass is 10.1. The Morgan fingerprint density at radius 1 is 1.16 bits per heavy atom. The van der Waals surface area contributed by atoms with Crippen molar-refractivity contribution in [2.45, 2.75) is 58.9 Å². The summed E-state index contributed by atoms with van der Waals surface area (Å²) >= 11 is 5.86. The predicted molar refractivity (Wildman–Crippen MR) is 77.8 cm³/mol. The maximum Gasteiger partial charge on any atom is 0.322 e. The van der Waals surface area contributed by atoms with Gasteiger partial charge in [-0.15, -0.1) is 0 Å². The van der Waals surface area contributed by atoms with Crippen LogP contribution in [0.15, 0.2) is 0 Å². The minimum absolute atomic E-state index is 0.157. The van der Waals surface area contributed by atoms with Crippen LogP contribution in [0.4, 0.5) is 5.95 Å². The number of ether oxygens (including phenoxy) is 1. The van der Waals surface area contributed by atoms with Gasteiger partial charge in [0.25, 0.3) is 0 Å². The van der Waals surface area contributed by atoms with E-state index in [1.807, 2.05) is 6.92 Å². The fraction of sp³-hybridized carbons (Fsp3) is 0.769. The fourth-order valence-electron chi connectivity index (χ4n) is 1.65. The van der Waals surface area contributed by atoms with E-state index in [1.54, 1.807) is 0 Å². The molecular weight excluding hydrogens is 264 g/mol. The van der Waals surface area contributed by atoms with Gasteiger partial charge >= 0.3 is 6.01 Å². The minimum atomic E-state index is 0.157. The molecule has 6 heteroatoms. The SMILES string of the molecule is CCCCCC(C)Nc1nc(Cl)nc(OCCC)n1. The molecule has 0 aliphatic carbocycles. The summed E-state index contributed by atoms with van der Waals surface area (Å²) in [5.41, 5.74) is 0. The number of aromatic nitrogens is 3. The Hall–Kier alpha value is -1.10. The first-order valence-corrected chi connectivity index (χ1v) is 7.34. The van der Waals surface area contributed by atoms with Crippen molar-refractivity contribution >= 4 is 17.5 Å². The number of nitrogens with zero attached hydrogens (tertiary/aromatic N) is 3. The topological polar surface area (TPSA) is 59.9 Å². The first kappa shape index (κ1) is 16.0. The highest BCUT2D eigenvalue weighted by atomic mass is 35.5. The second kappa shape index (κ2) is 8.91.